The van der Waals surface area contributed by atoms with Crippen molar-refractivity contribution in [2.45, 2.75) is 89.9 Å². The van der Waals surface area contributed by atoms with Crippen LogP contribution < -0.4 is 49.6 Å². The molecule has 4 fully saturated rings. The van der Waals surface area contributed by atoms with Gasteiger partial charge in [0.1, 0.15) is 49.4 Å². The highest BCUT2D eigenvalue weighted by atomic mass is 127. The maximum absolute atomic E-state index is 11.4. The maximum Gasteiger partial charge on any atom is 0.248 e. The smallest absolute Gasteiger partial charge is 0.248 e. The predicted molar refractivity (Wildman–Crippen MR) is 621 cm³/mol. The Balaban J connectivity index is 0.000000189. The highest BCUT2D eigenvalue weighted by molar-refractivity contribution is 14.1. The first kappa shape index (κ1) is 118. The van der Waals surface area contributed by atoms with Gasteiger partial charge in [0, 0.05) is 167 Å². The molecule has 8 atom stereocenters. The Bertz CT molecular complexity index is 6020. The van der Waals surface area contributed by atoms with Gasteiger partial charge in [-0.1, -0.05) is 260 Å². The number of nitrogens with two attached hydrogens (primary N) is 1. The molecule has 31 heteroatoms. The average Bonchev–Trinajstić information content (AvgIpc) is 0.789. The van der Waals surface area contributed by atoms with E-state index >= 15 is 0 Å². The topological polar surface area (TPSA) is 224 Å². The van der Waals surface area contributed by atoms with E-state index in [2.05, 4.69) is 249 Å². The Morgan fingerprint density at radius 1 is 0.410 bits per heavy atom. The summed E-state index contributed by atoms with van der Waals surface area (Å²) < 4.78 is 25.8. The number of ether oxygens (including phenoxy) is 4. The molecule has 1 amide bonds. The molecular formula is C113H126Cl8I3N11O9. The van der Waals surface area contributed by atoms with Gasteiger partial charge < -0.3 is 70.0 Å². The second-order valence-corrected chi connectivity index (χ2v) is 41.8. The minimum Gasteiger partial charge on any atom is -0.491 e. The lowest BCUT2D eigenvalue weighted by Crippen LogP contribution is -2.49. The molecule has 0 bridgehead atoms. The summed E-state index contributed by atoms with van der Waals surface area (Å²) in [5.74, 6) is 3.96. The van der Waals surface area contributed by atoms with Crippen molar-refractivity contribution in [3.63, 3.8) is 0 Å². The number of amides is 1. The molecule has 4 aliphatic heterocycles. The van der Waals surface area contributed by atoms with E-state index in [0.717, 1.165) is 131 Å². The number of piperazine rings is 4. The van der Waals surface area contributed by atoms with Crippen LogP contribution in [-0.4, -0.2) is 196 Å². The Hall–Kier alpha value is -8.32. The zero-order chi connectivity index (χ0) is 102. The van der Waals surface area contributed by atoms with Crippen molar-refractivity contribution < 1.29 is 44.2 Å². The lowest BCUT2D eigenvalue weighted by Gasteiger charge is -2.44. The summed E-state index contributed by atoms with van der Waals surface area (Å²) in [6.07, 6.45) is 0. The number of carbonyl (C=O) groups excluding carboxylic acids is 1. The number of carbonyl (C=O) groups is 1. The number of alkyl halides is 1. The van der Waals surface area contributed by atoms with Crippen molar-refractivity contribution in [3.8, 4) is 29.1 Å². The molecular weight excluding hydrogens is 2320 g/mol. The van der Waals surface area contributed by atoms with Crippen LogP contribution in [0.3, 0.4) is 0 Å². The van der Waals surface area contributed by atoms with Crippen molar-refractivity contribution in [1.29, 1.82) is 5.26 Å². The lowest BCUT2D eigenvalue weighted by molar-refractivity contribution is 0.1000. The Morgan fingerprint density at radius 2 is 0.674 bits per heavy atom. The van der Waals surface area contributed by atoms with Crippen molar-refractivity contribution >= 4 is 195 Å². The number of hydrogen-bond acceptors (Lipinski definition) is 18. The second-order valence-electron chi connectivity index (χ2n) is 35.0. The van der Waals surface area contributed by atoms with Gasteiger partial charge in [-0.15, -0.1) is 0 Å². The van der Waals surface area contributed by atoms with E-state index in [4.69, 9.17) is 150 Å². The van der Waals surface area contributed by atoms with Crippen LogP contribution in [-0.2, 0) is 0 Å². The number of hydrogen-bond donors (Lipinski definition) is 6. The monoisotopic (exact) mass is 2440 g/mol. The van der Waals surface area contributed by atoms with Gasteiger partial charge in [-0.3, -0.25) is 19.5 Å². The number of benzene rings is 12. The first-order valence-corrected chi connectivity index (χ1v) is 54.2. The van der Waals surface area contributed by atoms with Gasteiger partial charge in [-0.2, -0.15) is 5.26 Å². The first-order valence-electron chi connectivity index (χ1n) is 47.5. The Labute approximate surface area is 930 Å². The van der Waals surface area contributed by atoms with Crippen molar-refractivity contribution in [1.82, 2.24) is 20.0 Å². The normalized spacial score (nSPS) is 16.6. The van der Waals surface area contributed by atoms with E-state index in [9.17, 15) is 4.79 Å². The van der Waals surface area contributed by atoms with E-state index in [-0.39, 0.29) is 90.4 Å². The minimum atomic E-state index is -0.414. The lowest BCUT2D eigenvalue weighted by atomic mass is 9.96. The van der Waals surface area contributed by atoms with E-state index in [0.29, 0.717) is 82.1 Å². The fourth-order valence-electron chi connectivity index (χ4n) is 17.7. The minimum absolute atomic E-state index is 0. The molecule has 20 nitrogen and oxygen atoms in total. The Morgan fingerprint density at radius 3 is 0.938 bits per heavy atom. The highest BCUT2D eigenvalue weighted by Crippen LogP contribution is 2.44. The molecule has 0 saturated carbocycles. The van der Waals surface area contributed by atoms with Gasteiger partial charge in [-0.25, -0.2) is 4.85 Å². The predicted octanol–water partition coefficient (Wildman–Crippen LogP) is 26.9. The van der Waals surface area contributed by atoms with Crippen LogP contribution in [0.15, 0.2) is 267 Å². The summed E-state index contributed by atoms with van der Waals surface area (Å²) in [7, 11) is 0. The van der Waals surface area contributed by atoms with Crippen molar-refractivity contribution in [2.75, 3.05) is 175 Å². The quantitative estimate of drug-likeness (QED) is 0.0131. The number of nitriles is 1. The number of halogens is 11. The molecule has 16 rings (SSSR count). The number of aliphatic hydroxyl groups excluding tert-OH is 4. The van der Waals surface area contributed by atoms with Gasteiger partial charge in [0.25, 0.3) is 0 Å². The number of rotatable bonds is 32. The zero-order valence-electron chi connectivity index (χ0n) is 80.6. The maximum atomic E-state index is 11.4. The fraction of sp³-hybridized carbons (Fsp3) is 0.336. The first-order chi connectivity index (χ1) is 69.1. The molecule has 4 heterocycles. The van der Waals surface area contributed by atoms with Crippen LogP contribution in [0.2, 0.25) is 40.2 Å². The van der Waals surface area contributed by atoms with Crippen LogP contribution in [0.4, 0.5) is 28.4 Å². The third-order valence-corrected chi connectivity index (χ3v) is 30.0. The number of nitrogens with one attached hydrogen (secondary N) is 1. The van der Waals surface area contributed by atoms with E-state index < -0.39 is 5.91 Å². The summed E-state index contributed by atoms with van der Waals surface area (Å²) in [5.41, 5.74) is 20.4. The summed E-state index contributed by atoms with van der Waals surface area (Å²) in [6.45, 7) is 31.7. The summed E-state index contributed by atoms with van der Waals surface area (Å²) in [5, 5.41) is 52.1. The van der Waals surface area contributed by atoms with Crippen LogP contribution in [0.25, 0.3) is 4.85 Å². The fourth-order valence-corrected chi connectivity index (χ4v) is 20.5. The highest BCUT2D eigenvalue weighted by Gasteiger charge is 2.36. The SMILES string of the molecule is C.CC#N.C[C@@H](CI)c1ccc(I)cc1.C[C@@H](CN1CCN(c2ccc(OCCO)cc2Cl)[C@H](c2ccc(Cl)cc2)C1)c1ccc(C(N)=O)cc1.C[C@@H](CN1CCN(c2ccc(OCCO)cc2Cl)[C@H](c2ccc(Cl)cc2)C1)c1ccc(I)cc1.OCCOc1ccc(N2CCNC[C@H]2c2ccc(Cl)cc2)c(Cl)c1.[C-]#[N+]c1ccc([C@@H](C)CN2CCN(c3ccc(OCCO)cc3Cl)[C@H](c3ccc(Cl)cc3)C2)cc1. The Kier molecular flexibility index (Phi) is 49.8. The third kappa shape index (κ3) is 35.4. The van der Waals surface area contributed by atoms with Crippen LogP contribution in [0, 0.1) is 25.0 Å². The van der Waals surface area contributed by atoms with Crippen LogP contribution in [0.1, 0.15) is 145 Å². The number of anilines is 4. The molecule has 0 aliphatic carbocycles. The largest absolute Gasteiger partial charge is 0.491 e. The van der Waals surface area contributed by atoms with Gasteiger partial charge >= 0.3 is 0 Å². The molecule has 12 aromatic carbocycles. The average molecular weight is 2450 g/mol. The standard InChI is InChI=1S/C28H31Cl2N3O3.C28H29Cl2N3O2.C27H29Cl2IN2O2.C18H20Cl2N2O2.C9H10I2.C2H3N.CH4/c1-19(20-2-4-22(5-3-20)28(31)35)17-32-12-13-33(27(18-32)21-6-8-23(29)9-7-21)26-11-10-24(16-25(26)30)36-15-14-34;1-20(21-5-9-24(31-2)10-6-21)18-32-13-14-33(28(19-32)22-3-7-23(29)8-4-22)27-12-11-25(17-26(27)30)35-16-15-34;1-19(20-4-8-23(30)9-5-20)17-31-12-13-32(27(18-31)21-2-6-22(28)7-3-21)26-11-10-24(16-25(26)29)34-15-14-33;19-14-3-1-13(2-4-14)18-12-21-7-8-22(18)17-6-5-15(11-16(17)20)24-10-9-23;1-7(6-10)8-2-4-9(11)5-3-8;1-2-3;/h2-11,16,19,27,34H,12-15,17-18H2,1H3,(H2,31,35);3-12,17,20,28,34H,13-16,18-19H2,1H3;2-11,16,19,27,33H,12-15,17-18H2,1H3;1-6,11,18,21,23H,7-10,12H2;2-5,7H,6H2,1H3;1H3;1H4/t19-,27-;20-,28-;19-,27-;18-;7-;;/m00000../s1. The van der Waals surface area contributed by atoms with E-state index in [1.165, 1.54) is 63.0 Å². The molecule has 0 aromatic heterocycles. The molecule has 12 aromatic rings. The van der Waals surface area contributed by atoms with Crippen LogP contribution >= 0.6 is 161 Å². The number of nitrogens with zero attached hydrogens (tertiary/aromatic N) is 9. The molecule has 144 heavy (non-hydrogen) atoms. The second kappa shape index (κ2) is 61.0. The molecule has 4 aliphatic rings. The van der Waals surface area contributed by atoms with Gasteiger partial charge in [0.05, 0.1) is 106 Å². The van der Waals surface area contributed by atoms with Crippen molar-refractivity contribution in [2.24, 2.45) is 5.73 Å². The molecule has 0 radical (unpaired) electrons. The number of aliphatic hydroxyl groups is 4. The number of primary amides is 1. The van der Waals surface area contributed by atoms with Crippen LogP contribution in [0.5, 0.6) is 23.0 Å². The molecule has 7 N–H and O–H groups in total. The molecule has 764 valence electrons. The van der Waals surface area contributed by atoms with Gasteiger partial charge in [0.2, 0.25) is 5.91 Å². The van der Waals surface area contributed by atoms with E-state index in [1.54, 1.807) is 30.3 Å². The van der Waals surface area contributed by atoms with Gasteiger partial charge in [0.15, 0.2) is 5.69 Å². The third-order valence-electron chi connectivity index (χ3n) is 25.1. The summed E-state index contributed by atoms with van der Waals surface area (Å²) in [6, 6.07) is 90.2. The molecule has 0 spiro atoms. The molecule has 0 unspecified atom stereocenters. The zero-order valence-corrected chi connectivity index (χ0v) is 93.1. The van der Waals surface area contributed by atoms with E-state index in [1.807, 2.05) is 133 Å². The van der Waals surface area contributed by atoms with Gasteiger partial charge in [-0.05, 0) is 247 Å². The summed E-state index contributed by atoms with van der Waals surface area (Å²) in [4.78, 5) is 31.8. The summed E-state index contributed by atoms with van der Waals surface area (Å²) >= 11 is 58.3. The molecule has 4 saturated heterocycles. The van der Waals surface area contributed by atoms with Crippen molar-refractivity contribution in [3.05, 3.63) is 376 Å².